The molecule has 3 N–H and O–H groups in total. The van der Waals surface area contributed by atoms with Crippen molar-refractivity contribution < 1.29 is 4.79 Å². The number of benzene rings is 1. The third-order valence-electron chi connectivity index (χ3n) is 3.89. The molecule has 1 aromatic carbocycles. The van der Waals surface area contributed by atoms with Gasteiger partial charge in [-0.15, -0.1) is 0 Å². The van der Waals surface area contributed by atoms with Crippen LogP contribution in [0.2, 0.25) is 5.02 Å². The summed E-state index contributed by atoms with van der Waals surface area (Å²) in [5.41, 5.74) is 7.98. The lowest BCUT2D eigenvalue weighted by atomic mass is 9.95. The van der Waals surface area contributed by atoms with Gasteiger partial charge in [0.2, 0.25) is 5.91 Å². The standard InChI is InChI=1S/C15H22ClN3O/c1-11(20)18-10-12-5-7-19(8-6-12)15-4-2-3-14(16)13(15)9-17/h2-4,12H,5-10,17H2,1H3,(H,18,20). The molecule has 0 aliphatic carbocycles. The van der Waals surface area contributed by atoms with Crippen molar-refractivity contribution in [1.29, 1.82) is 0 Å². The monoisotopic (exact) mass is 295 g/mol. The van der Waals surface area contributed by atoms with Crippen LogP contribution >= 0.6 is 11.6 Å². The van der Waals surface area contributed by atoms with Crippen LogP contribution in [0.25, 0.3) is 0 Å². The maximum Gasteiger partial charge on any atom is 0.216 e. The molecule has 20 heavy (non-hydrogen) atoms. The van der Waals surface area contributed by atoms with Gasteiger partial charge < -0.3 is 16.0 Å². The summed E-state index contributed by atoms with van der Waals surface area (Å²) < 4.78 is 0. The summed E-state index contributed by atoms with van der Waals surface area (Å²) in [6.45, 7) is 4.77. The van der Waals surface area contributed by atoms with E-state index in [1.807, 2.05) is 12.1 Å². The number of nitrogens with two attached hydrogens (primary N) is 1. The second kappa shape index (κ2) is 6.95. The van der Waals surface area contributed by atoms with Crippen LogP contribution in [0.3, 0.4) is 0 Å². The van der Waals surface area contributed by atoms with E-state index in [1.165, 1.54) is 0 Å². The van der Waals surface area contributed by atoms with E-state index in [9.17, 15) is 4.79 Å². The van der Waals surface area contributed by atoms with Crippen LogP contribution < -0.4 is 16.0 Å². The summed E-state index contributed by atoms with van der Waals surface area (Å²) in [5, 5.41) is 3.64. The summed E-state index contributed by atoms with van der Waals surface area (Å²) in [5.74, 6) is 0.614. The van der Waals surface area contributed by atoms with Crippen LogP contribution in [0.4, 0.5) is 5.69 Å². The Morgan fingerprint density at radius 1 is 1.45 bits per heavy atom. The summed E-state index contributed by atoms with van der Waals surface area (Å²) >= 11 is 6.21. The molecule has 0 atom stereocenters. The number of carbonyl (C=O) groups excluding carboxylic acids is 1. The number of hydrogen-bond acceptors (Lipinski definition) is 3. The van der Waals surface area contributed by atoms with Crippen LogP contribution in [-0.4, -0.2) is 25.5 Å². The Labute approximate surface area is 125 Å². The molecule has 0 saturated carbocycles. The van der Waals surface area contributed by atoms with Crippen molar-refractivity contribution in [2.75, 3.05) is 24.5 Å². The zero-order valence-electron chi connectivity index (χ0n) is 11.9. The number of hydrogen-bond donors (Lipinski definition) is 2. The van der Waals surface area contributed by atoms with Gasteiger partial charge in [0.05, 0.1) is 0 Å². The molecule has 0 unspecified atom stereocenters. The van der Waals surface area contributed by atoms with E-state index in [0.29, 0.717) is 12.5 Å². The van der Waals surface area contributed by atoms with Crippen LogP contribution in [0.1, 0.15) is 25.3 Å². The van der Waals surface area contributed by atoms with E-state index < -0.39 is 0 Å². The fraction of sp³-hybridized carbons (Fsp3) is 0.533. The van der Waals surface area contributed by atoms with Gasteiger partial charge in [-0.25, -0.2) is 0 Å². The first-order valence-corrected chi connectivity index (χ1v) is 7.46. The van der Waals surface area contributed by atoms with Crippen molar-refractivity contribution in [2.24, 2.45) is 11.7 Å². The number of piperidine rings is 1. The normalized spacial score (nSPS) is 16.2. The first kappa shape index (κ1) is 15.1. The maximum atomic E-state index is 10.9. The first-order valence-electron chi connectivity index (χ1n) is 7.08. The minimum Gasteiger partial charge on any atom is -0.371 e. The molecule has 5 heteroatoms. The van der Waals surface area contributed by atoms with E-state index in [2.05, 4.69) is 16.3 Å². The maximum absolute atomic E-state index is 10.9. The first-order chi connectivity index (χ1) is 9.61. The third-order valence-corrected chi connectivity index (χ3v) is 4.25. The Hall–Kier alpha value is -1.26. The van der Waals surface area contributed by atoms with Crippen molar-refractivity contribution in [3.05, 3.63) is 28.8 Å². The molecule has 1 amide bonds. The van der Waals surface area contributed by atoms with E-state index in [4.69, 9.17) is 17.3 Å². The third kappa shape index (κ3) is 3.64. The van der Waals surface area contributed by atoms with Gasteiger partial charge in [-0.1, -0.05) is 17.7 Å². The largest absolute Gasteiger partial charge is 0.371 e. The van der Waals surface area contributed by atoms with E-state index in [-0.39, 0.29) is 5.91 Å². The lowest BCUT2D eigenvalue weighted by molar-refractivity contribution is -0.119. The second-order valence-electron chi connectivity index (χ2n) is 5.31. The summed E-state index contributed by atoms with van der Waals surface area (Å²) in [6, 6.07) is 5.94. The molecule has 0 aromatic heterocycles. The Morgan fingerprint density at radius 3 is 2.75 bits per heavy atom. The van der Waals surface area contributed by atoms with Crippen LogP contribution in [0.15, 0.2) is 18.2 Å². The molecule has 1 aliphatic heterocycles. The minimum absolute atomic E-state index is 0.0488. The molecule has 0 bridgehead atoms. The van der Waals surface area contributed by atoms with Gasteiger partial charge in [0.1, 0.15) is 0 Å². The molecule has 1 aromatic rings. The molecule has 1 heterocycles. The predicted octanol–water partition coefficient (Wildman–Crippen LogP) is 2.15. The molecule has 1 aliphatic rings. The molecular weight excluding hydrogens is 274 g/mol. The Kier molecular flexibility index (Phi) is 5.26. The highest BCUT2D eigenvalue weighted by molar-refractivity contribution is 6.31. The Morgan fingerprint density at radius 2 is 2.15 bits per heavy atom. The SMILES string of the molecule is CC(=O)NCC1CCN(c2cccc(Cl)c2CN)CC1. The highest BCUT2D eigenvalue weighted by Gasteiger charge is 2.21. The highest BCUT2D eigenvalue weighted by Crippen LogP contribution is 2.30. The highest BCUT2D eigenvalue weighted by atomic mass is 35.5. The fourth-order valence-corrected chi connectivity index (χ4v) is 2.96. The molecule has 4 nitrogen and oxygen atoms in total. The lowest BCUT2D eigenvalue weighted by Crippen LogP contribution is -2.38. The zero-order valence-corrected chi connectivity index (χ0v) is 12.6. The number of anilines is 1. The quantitative estimate of drug-likeness (QED) is 0.895. The van der Waals surface area contributed by atoms with E-state index in [1.54, 1.807) is 6.92 Å². The molecule has 1 saturated heterocycles. The second-order valence-corrected chi connectivity index (χ2v) is 5.72. The Bertz CT molecular complexity index is 470. The minimum atomic E-state index is 0.0488. The molecule has 1 fully saturated rings. The van der Waals surface area contributed by atoms with E-state index in [0.717, 1.165) is 48.7 Å². The number of amides is 1. The van der Waals surface area contributed by atoms with Crippen molar-refractivity contribution in [3.63, 3.8) is 0 Å². The smallest absolute Gasteiger partial charge is 0.216 e. The zero-order chi connectivity index (χ0) is 14.5. The van der Waals surface area contributed by atoms with Crippen molar-refractivity contribution in [2.45, 2.75) is 26.3 Å². The average molecular weight is 296 g/mol. The van der Waals surface area contributed by atoms with Crippen LogP contribution in [-0.2, 0) is 11.3 Å². The van der Waals surface area contributed by atoms with Gasteiger partial charge in [0.15, 0.2) is 0 Å². The van der Waals surface area contributed by atoms with Crippen molar-refractivity contribution >= 4 is 23.2 Å². The van der Waals surface area contributed by atoms with Gasteiger partial charge >= 0.3 is 0 Å². The summed E-state index contributed by atoms with van der Waals surface area (Å²) in [6.07, 6.45) is 2.16. The van der Waals surface area contributed by atoms with Crippen LogP contribution in [0.5, 0.6) is 0 Å². The van der Waals surface area contributed by atoms with Crippen molar-refractivity contribution in [3.8, 4) is 0 Å². The summed E-state index contributed by atoms with van der Waals surface area (Å²) in [7, 11) is 0. The topological polar surface area (TPSA) is 58.4 Å². The molecule has 110 valence electrons. The molecule has 0 spiro atoms. The van der Waals surface area contributed by atoms with Gasteiger partial charge in [0.25, 0.3) is 0 Å². The van der Waals surface area contributed by atoms with Gasteiger partial charge in [-0.3, -0.25) is 4.79 Å². The average Bonchev–Trinajstić information content (AvgIpc) is 2.45. The van der Waals surface area contributed by atoms with E-state index >= 15 is 0 Å². The van der Waals surface area contributed by atoms with Gasteiger partial charge in [-0.2, -0.15) is 0 Å². The van der Waals surface area contributed by atoms with Gasteiger partial charge in [-0.05, 0) is 30.9 Å². The predicted molar refractivity (Wildman–Crippen MR) is 83.0 cm³/mol. The molecule has 2 rings (SSSR count). The molecular formula is C15H22ClN3O. The van der Waals surface area contributed by atoms with Gasteiger partial charge in [0, 0.05) is 49.4 Å². The number of carbonyl (C=O) groups is 1. The lowest BCUT2D eigenvalue weighted by Gasteiger charge is -2.35. The number of rotatable bonds is 4. The number of nitrogens with one attached hydrogen (secondary N) is 1. The Balaban J connectivity index is 1.97. The fourth-order valence-electron chi connectivity index (χ4n) is 2.71. The molecule has 0 radical (unpaired) electrons. The van der Waals surface area contributed by atoms with Crippen LogP contribution in [0, 0.1) is 5.92 Å². The summed E-state index contributed by atoms with van der Waals surface area (Å²) in [4.78, 5) is 13.3. The van der Waals surface area contributed by atoms with Crippen molar-refractivity contribution in [1.82, 2.24) is 5.32 Å². The number of nitrogens with zero attached hydrogens (tertiary/aromatic N) is 1. The number of halogens is 1.